The van der Waals surface area contributed by atoms with E-state index in [0.717, 1.165) is 17.9 Å². The van der Waals surface area contributed by atoms with Crippen molar-refractivity contribution in [3.05, 3.63) is 48.0 Å². The normalized spacial score (nSPS) is 21.3. The molecule has 1 N–H and O–H groups in total. The van der Waals surface area contributed by atoms with Gasteiger partial charge in [-0.15, -0.1) is 0 Å². The lowest BCUT2D eigenvalue weighted by atomic mass is 9.77. The van der Waals surface area contributed by atoms with Crippen molar-refractivity contribution in [2.24, 2.45) is 11.8 Å². The summed E-state index contributed by atoms with van der Waals surface area (Å²) in [7, 11) is 2.28. The molecule has 1 aliphatic rings. The van der Waals surface area contributed by atoms with E-state index >= 15 is 0 Å². The average molecular weight is 457 g/mol. The Bertz CT molecular complexity index is 1050. The molecule has 3 atom stereocenters. The molecule has 33 heavy (non-hydrogen) atoms. The van der Waals surface area contributed by atoms with E-state index in [1.165, 1.54) is 7.11 Å². The van der Waals surface area contributed by atoms with Crippen molar-refractivity contribution in [2.75, 3.05) is 27.4 Å². The first-order valence-corrected chi connectivity index (χ1v) is 10.6. The molecule has 176 valence electrons. The second kappa shape index (κ2) is 9.99. The highest BCUT2D eigenvalue weighted by Crippen LogP contribution is 2.46. The Hall–Kier alpha value is -3.46. The zero-order valence-corrected chi connectivity index (χ0v) is 19.0. The molecule has 0 saturated carbocycles. The maximum atomic E-state index is 13.2. The summed E-state index contributed by atoms with van der Waals surface area (Å²) in [6.07, 6.45) is 0. The molecule has 2 aromatic rings. The molecule has 9 nitrogen and oxygen atoms in total. The van der Waals surface area contributed by atoms with Gasteiger partial charge in [0.1, 0.15) is 5.92 Å². The van der Waals surface area contributed by atoms with Gasteiger partial charge in [0.15, 0.2) is 0 Å². The van der Waals surface area contributed by atoms with Crippen LogP contribution in [0.1, 0.15) is 25.5 Å². The van der Waals surface area contributed by atoms with Gasteiger partial charge in [-0.1, -0.05) is 36.4 Å². The van der Waals surface area contributed by atoms with Crippen LogP contribution >= 0.6 is 0 Å². The standard InChI is InChI=1S/C24H27NO8/c1-5-32-22(28)24(23(29)33-6-2)18(21(27)31-4)17(20(26)30-3)19(25-24)16-12-11-14-9-7-8-10-15(14)13-16/h7-13,17-19,25H,5-6H2,1-4H3/t17-,18-,19-/m1/s1. The van der Waals surface area contributed by atoms with Crippen molar-refractivity contribution >= 4 is 34.6 Å². The van der Waals surface area contributed by atoms with Crippen molar-refractivity contribution in [1.29, 1.82) is 0 Å². The minimum atomic E-state index is -2.30. The maximum absolute atomic E-state index is 13.2. The second-order valence-corrected chi connectivity index (χ2v) is 7.53. The topological polar surface area (TPSA) is 117 Å². The van der Waals surface area contributed by atoms with E-state index < -0.39 is 47.3 Å². The van der Waals surface area contributed by atoms with Gasteiger partial charge in [0.2, 0.25) is 5.54 Å². The van der Waals surface area contributed by atoms with Crippen LogP contribution in [0.3, 0.4) is 0 Å². The lowest BCUT2D eigenvalue weighted by Gasteiger charge is -2.30. The Kier molecular flexibility index (Phi) is 7.33. The summed E-state index contributed by atoms with van der Waals surface area (Å²) in [6, 6.07) is 12.1. The first kappa shape index (κ1) is 24.2. The van der Waals surface area contributed by atoms with E-state index in [4.69, 9.17) is 18.9 Å². The van der Waals surface area contributed by atoms with Gasteiger partial charge in [-0.05, 0) is 36.2 Å². The predicted molar refractivity (Wildman–Crippen MR) is 117 cm³/mol. The fourth-order valence-corrected chi connectivity index (χ4v) is 4.38. The molecule has 0 aromatic heterocycles. The highest BCUT2D eigenvalue weighted by Gasteiger charge is 2.69. The molecule has 1 aliphatic heterocycles. The molecule has 0 radical (unpaired) electrons. The summed E-state index contributed by atoms with van der Waals surface area (Å²) >= 11 is 0. The van der Waals surface area contributed by atoms with Crippen LogP contribution in [-0.4, -0.2) is 56.8 Å². The maximum Gasteiger partial charge on any atom is 0.339 e. The minimum absolute atomic E-state index is 0.0565. The summed E-state index contributed by atoms with van der Waals surface area (Å²) in [4.78, 5) is 52.4. The third-order valence-electron chi connectivity index (χ3n) is 5.82. The molecule has 0 bridgehead atoms. The predicted octanol–water partition coefficient (Wildman–Crippen LogP) is 1.93. The lowest BCUT2D eigenvalue weighted by molar-refractivity contribution is -0.175. The zero-order valence-electron chi connectivity index (χ0n) is 19.0. The van der Waals surface area contributed by atoms with Crippen molar-refractivity contribution < 1.29 is 38.1 Å². The number of carbonyl (C=O) groups is 4. The summed E-state index contributed by atoms with van der Waals surface area (Å²) in [6.45, 7) is 3.02. The Morgan fingerprint density at radius 3 is 1.97 bits per heavy atom. The van der Waals surface area contributed by atoms with Crippen LogP contribution in [-0.2, 0) is 38.1 Å². The Morgan fingerprint density at radius 1 is 0.848 bits per heavy atom. The quantitative estimate of drug-likeness (QED) is 0.378. The van der Waals surface area contributed by atoms with E-state index in [9.17, 15) is 19.2 Å². The van der Waals surface area contributed by atoms with Crippen LogP contribution in [0.15, 0.2) is 42.5 Å². The number of ether oxygens (including phenoxy) is 4. The van der Waals surface area contributed by atoms with Gasteiger partial charge in [0, 0.05) is 6.04 Å². The molecule has 1 fully saturated rings. The van der Waals surface area contributed by atoms with Gasteiger partial charge in [0.25, 0.3) is 0 Å². The first-order chi connectivity index (χ1) is 15.8. The number of hydrogen-bond acceptors (Lipinski definition) is 9. The third kappa shape index (κ3) is 4.16. The molecular formula is C24H27NO8. The molecule has 2 aromatic carbocycles. The van der Waals surface area contributed by atoms with Gasteiger partial charge in [-0.3, -0.25) is 14.9 Å². The molecule has 9 heteroatoms. The molecule has 0 amide bonds. The third-order valence-corrected chi connectivity index (χ3v) is 5.82. The molecule has 1 heterocycles. The minimum Gasteiger partial charge on any atom is -0.469 e. The van der Waals surface area contributed by atoms with Crippen LogP contribution in [0.5, 0.6) is 0 Å². The van der Waals surface area contributed by atoms with Crippen LogP contribution in [0.25, 0.3) is 10.8 Å². The van der Waals surface area contributed by atoms with Crippen LogP contribution in [0.4, 0.5) is 0 Å². The smallest absolute Gasteiger partial charge is 0.339 e. The van der Waals surface area contributed by atoms with Crippen LogP contribution in [0, 0.1) is 11.8 Å². The van der Waals surface area contributed by atoms with Gasteiger partial charge in [0.05, 0.1) is 33.4 Å². The molecule has 0 unspecified atom stereocenters. The lowest BCUT2D eigenvalue weighted by Crippen LogP contribution is -2.62. The highest BCUT2D eigenvalue weighted by molar-refractivity contribution is 6.11. The number of fused-ring (bicyclic) bond motifs is 1. The van der Waals surface area contributed by atoms with Crippen molar-refractivity contribution in [3.63, 3.8) is 0 Å². The summed E-state index contributed by atoms with van der Waals surface area (Å²) < 4.78 is 20.3. The number of hydrogen-bond donors (Lipinski definition) is 1. The number of nitrogens with one attached hydrogen (secondary N) is 1. The first-order valence-electron chi connectivity index (χ1n) is 10.6. The summed E-state index contributed by atoms with van der Waals surface area (Å²) in [5.41, 5.74) is -1.72. The van der Waals surface area contributed by atoms with Gasteiger partial charge < -0.3 is 18.9 Å². The van der Waals surface area contributed by atoms with Gasteiger partial charge in [-0.25, -0.2) is 9.59 Å². The molecule has 3 rings (SSSR count). The zero-order chi connectivity index (χ0) is 24.2. The Balaban J connectivity index is 2.25. The number of rotatable bonds is 7. The fraction of sp³-hybridized carbons (Fsp3) is 0.417. The van der Waals surface area contributed by atoms with Gasteiger partial charge >= 0.3 is 23.9 Å². The fourth-order valence-electron chi connectivity index (χ4n) is 4.38. The summed E-state index contributed by atoms with van der Waals surface area (Å²) in [5.74, 6) is -6.64. The number of esters is 4. The number of carbonyl (C=O) groups excluding carboxylic acids is 4. The van der Waals surface area contributed by atoms with Crippen molar-refractivity contribution in [1.82, 2.24) is 5.32 Å². The number of methoxy groups -OCH3 is 2. The Labute approximate surface area is 191 Å². The second-order valence-electron chi connectivity index (χ2n) is 7.53. The summed E-state index contributed by atoms with van der Waals surface area (Å²) in [5, 5.41) is 4.77. The van der Waals surface area contributed by atoms with E-state index in [2.05, 4.69) is 5.32 Å². The SMILES string of the molecule is CCOC(=O)C1(C(=O)OCC)N[C@H](c2ccc3ccccc3c2)[C@H](C(=O)OC)[C@@H]1C(=O)OC. The Morgan fingerprint density at radius 2 is 1.42 bits per heavy atom. The van der Waals surface area contributed by atoms with E-state index in [1.807, 2.05) is 36.4 Å². The number of benzene rings is 2. The van der Waals surface area contributed by atoms with E-state index in [-0.39, 0.29) is 13.2 Å². The van der Waals surface area contributed by atoms with Crippen LogP contribution < -0.4 is 5.32 Å². The van der Waals surface area contributed by atoms with E-state index in [0.29, 0.717) is 5.56 Å². The van der Waals surface area contributed by atoms with Crippen LogP contribution in [0.2, 0.25) is 0 Å². The highest BCUT2D eigenvalue weighted by atomic mass is 16.6. The van der Waals surface area contributed by atoms with Gasteiger partial charge in [-0.2, -0.15) is 0 Å². The molecule has 0 aliphatic carbocycles. The van der Waals surface area contributed by atoms with E-state index in [1.54, 1.807) is 19.9 Å². The van der Waals surface area contributed by atoms with Crippen molar-refractivity contribution in [2.45, 2.75) is 25.4 Å². The molecule has 1 saturated heterocycles. The van der Waals surface area contributed by atoms with Crippen molar-refractivity contribution in [3.8, 4) is 0 Å². The average Bonchev–Trinajstić information content (AvgIpc) is 3.20. The monoisotopic (exact) mass is 457 g/mol. The molecule has 0 spiro atoms. The largest absolute Gasteiger partial charge is 0.469 e. The molecular weight excluding hydrogens is 430 g/mol.